The number of hydrogen-bond acceptors (Lipinski definition) is 6. The first kappa shape index (κ1) is 29.9. The van der Waals surface area contributed by atoms with E-state index in [1.54, 1.807) is 17.0 Å². The molecule has 1 N–H and O–H groups in total. The zero-order valence-corrected chi connectivity index (χ0v) is 24.8. The number of sulfonamides is 1. The average Bonchev–Trinajstić information content (AvgIpc) is 3.35. The van der Waals surface area contributed by atoms with Crippen molar-refractivity contribution >= 4 is 21.8 Å². The molecule has 1 atom stereocenters. The van der Waals surface area contributed by atoms with Gasteiger partial charge in [0.1, 0.15) is 18.4 Å². The molecule has 44 heavy (non-hydrogen) atoms. The lowest BCUT2D eigenvalue weighted by atomic mass is 10.0. The van der Waals surface area contributed by atoms with Crippen molar-refractivity contribution in [3.05, 3.63) is 107 Å². The molecule has 2 amide bonds. The quantitative estimate of drug-likeness (QED) is 0.411. The first-order chi connectivity index (χ1) is 21.1. The van der Waals surface area contributed by atoms with Gasteiger partial charge in [0.2, 0.25) is 15.9 Å². The van der Waals surface area contributed by atoms with Crippen LogP contribution >= 0.6 is 0 Å². The maximum Gasteiger partial charge on any atom is 0.255 e. The summed E-state index contributed by atoms with van der Waals surface area (Å²) in [5, 5.41) is 2.75. The summed E-state index contributed by atoms with van der Waals surface area (Å²) in [4.78, 5) is 29.1. The fourth-order valence-corrected chi connectivity index (χ4v) is 7.28. The summed E-state index contributed by atoms with van der Waals surface area (Å²) in [6, 6.07) is 15.4. The van der Waals surface area contributed by atoms with Gasteiger partial charge < -0.3 is 15.0 Å². The predicted molar refractivity (Wildman–Crippen MR) is 158 cm³/mol. The molecule has 9 nitrogen and oxygen atoms in total. The summed E-state index contributed by atoms with van der Waals surface area (Å²) >= 11 is 0. The first-order valence-electron chi connectivity index (χ1n) is 14.4. The molecule has 230 valence electrons. The monoisotopic (exact) mass is 622 g/mol. The normalized spacial score (nSPS) is 19.6. The van der Waals surface area contributed by atoms with E-state index in [-0.39, 0.29) is 29.8 Å². The number of rotatable bonds is 8. The molecule has 3 heterocycles. The standard InChI is InChI=1S/C32H32F2N4O5S/c1-21-5-12-29(31(39)35-21)38-19-26-25(32(38)40)3-2-4-30(26)43-20-23-8-6-22(7-9-23)18-36-13-15-37(16-14-36)44(41,42)24-10-11-27(33)28(34)17-24/h2-4,6-11,17,29H,1,5,12-16,18-20H2,(H,35,39). The van der Waals surface area contributed by atoms with E-state index < -0.39 is 27.7 Å². The van der Waals surface area contributed by atoms with Gasteiger partial charge in [0, 0.05) is 49.5 Å². The van der Waals surface area contributed by atoms with Crippen LogP contribution in [0.2, 0.25) is 0 Å². The number of fused-ring (bicyclic) bond motifs is 1. The Bertz CT molecular complexity index is 1720. The van der Waals surface area contributed by atoms with Gasteiger partial charge >= 0.3 is 0 Å². The zero-order chi connectivity index (χ0) is 31.0. The number of nitrogens with one attached hydrogen (secondary N) is 1. The Morgan fingerprint density at radius 3 is 2.36 bits per heavy atom. The Labute approximate surface area is 254 Å². The largest absolute Gasteiger partial charge is 0.489 e. The highest BCUT2D eigenvalue weighted by atomic mass is 32.2. The number of amides is 2. The van der Waals surface area contributed by atoms with Gasteiger partial charge in [0.15, 0.2) is 11.6 Å². The minimum absolute atomic E-state index is 0.176. The number of piperidine rings is 1. The van der Waals surface area contributed by atoms with Crippen LogP contribution in [-0.4, -0.2) is 66.6 Å². The van der Waals surface area contributed by atoms with Crippen LogP contribution in [0.15, 0.2) is 77.8 Å². The lowest BCUT2D eigenvalue weighted by molar-refractivity contribution is -0.126. The third-order valence-corrected chi connectivity index (χ3v) is 10.2. The van der Waals surface area contributed by atoms with Crippen molar-refractivity contribution in [2.24, 2.45) is 0 Å². The van der Waals surface area contributed by atoms with Crippen molar-refractivity contribution in [3.8, 4) is 5.75 Å². The fraction of sp³-hybridized carbons (Fsp3) is 0.312. The Kier molecular flexibility index (Phi) is 8.23. The van der Waals surface area contributed by atoms with Crippen LogP contribution < -0.4 is 10.1 Å². The van der Waals surface area contributed by atoms with Gasteiger partial charge in [0.25, 0.3) is 5.91 Å². The second-order valence-electron chi connectivity index (χ2n) is 11.2. The summed E-state index contributed by atoms with van der Waals surface area (Å²) in [5.41, 5.74) is 3.99. The minimum Gasteiger partial charge on any atom is -0.489 e. The molecule has 0 bridgehead atoms. The van der Waals surface area contributed by atoms with E-state index in [4.69, 9.17) is 4.74 Å². The number of ether oxygens (including phenoxy) is 1. The van der Waals surface area contributed by atoms with Crippen molar-refractivity contribution in [1.29, 1.82) is 0 Å². The number of piperazine rings is 1. The second-order valence-corrected chi connectivity index (χ2v) is 13.2. The molecule has 6 rings (SSSR count). The molecule has 0 saturated carbocycles. The topological polar surface area (TPSA) is 99.3 Å². The summed E-state index contributed by atoms with van der Waals surface area (Å²) in [6.07, 6.45) is 1.17. The van der Waals surface area contributed by atoms with E-state index >= 15 is 0 Å². The highest BCUT2D eigenvalue weighted by Gasteiger charge is 2.39. The average molecular weight is 623 g/mol. The molecule has 3 aromatic rings. The Hall–Kier alpha value is -4.13. The zero-order valence-electron chi connectivity index (χ0n) is 24.0. The molecule has 0 spiro atoms. The van der Waals surface area contributed by atoms with Crippen molar-refractivity contribution in [3.63, 3.8) is 0 Å². The van der Waals surface area contributed by atoms with Crippen LogP contribution in [-0.2, 0) is 34.5 Å². The van der Waals surface area contributed by atoms with E-state index in [0.29, 0.717) is 62.6 Å². The molecule has 1 unspecified atom stereocenters. The van der Waals surface area contributed by atoms with E-state index in [2.05, 4.69) is 16.8 Å². The number of halogens is 2. The molecule has 3 aliphatic rings. The lowest BCUT2D eigenvalue weighted by Crippen LogP contribution is -2.49. The molecular weight excluding hydrogens is 590 g/mol. The number of allylic oxidation sites excluding steroid dienone is 1. The van der Waals surface area contributed by atoms with Gasteiger partial charge in [0.05, 0.1) is 11.4 Å². The number of benzene rings is 3. The predicted octanol–water partition coefficient (Wildman–Crippen LogP) is 3.80. The molecule has 12 heteroatoms. The molecule has 2 fully saturated rings. The van der Waals surface area contributed by atoms with E-state index in [9.17, 15) is 26.8 Å². The molecule has 0 aromatic heterocycles. The number of nitrogens with zero attached hydrogens (tertiary/aromatic N) is 3. The van der Waals surface area contributed by atoms with Crippen LogP contribution in [0.1, 0.15) is 39.9 Å². The highest BCUT2D eigenvalue weighted by Crippen LogP contribution is 2.34. The summed E-state index contributed by atoms with van der Waals surface area (Å²) in [7, 11) is -3.91. The van der Waals surface area contributed by atoms with Gasteiger partial charge in [-0.05, 0) is 54.3 Å². The van der Waals surface area contributed by atoms with Crippen LogP contribution in [0.3, 0.4) is 0 Å². The number of carbonyl (C=O) groups excluding carboxylic acids is 2. The Balaban J connectivity index is 1.02. The molecule has 3 aromatic carbocycles. The third-order valence-electron chi connectivity index (χ3n) is 8.33. The molecule has 0 radical (unpaired) electrons. The summed E-state index contributed by atoms with van der Waals surface area (Å²) in [5.74, 6) is -2.05. The van der Waals surface area contributed by atoms with E-state index in [1.807, 2.05) is 30.3 Å². The van der Waals surface area contributed by atoms with Gasteiger partial charge in [-0.2, -0.15) is 4.31 Å². The lowest BCUT2D eigenvalue weighted by Gasteiger charge is -2.34. The Morgan fingerprint density at radius 2 is 1.66 bits per heavy atom. The Morgan fingerprint density at radius 1 is 0.932 bits per heavy atom. The maximum atomic E-state index is 13.6. The van der Waals surface area contributed by atoms with Gasteiger partial charge in [-0.1, -0.05) is 36.9 Å². The van der Waals surface area contributed by atoms with Crippen molar-refractivity contribution in [2.75, 3.05) is 26.2 Å². The van der Waals surface area contributed by atoms with Crippen LogP contribution in [0.5, 0.6) is 5.75 Å². The molecular formula is C32H32F2N4O5S. The molecule has 0 aliphatic carbocycles. The van der Waals surface area contributed by atoms with Crippen LogP contribution in [0.4, 0.5) is 8.78 Å². The fourth-order valence-electron chi connectivity index (χ4n) is 5.85. The van der Waals surface area contributed by atoms with Crippen LogP contribution in [0, 0.1) is 11.6 Å². The van der Waals surface area contributed by atoms with Gasteiger partial charge in [-0.3, -0.25) is 14.5 Å². The van der Waals surface area contributed by atoms with Gasteiger partial charge in [-0.25, -0.2) is 17.2 Å². The van der Waals surface area contributed by atoms with E-state index in [1.165, 1.54) is 4.31 Å². The molecule has 3 aliphatic heterocycles. The second kappa shape index (κ2) is 12.1. The first-order valence-corrected chi connectivity index (χ1v) is 15.8. The third kappa shape index (κ3) is 5.97. The summed E-state index contributed by atoms with van der Waals surface area (Å²) < 4.78 is 60.1. The van der Waals surface area contributed by atoms with Crippen LogP contribution in [0.25, 0.3) is 0 Å². The number of hydrogen-bond donors (Lipinski definition) is 1. The SMILES string of the molecule is C=C1CCC(N2Cc3c(OCc4ccc(CN5CCN(S(=O)(=O)c6ccc(F)c(F)c6)CC5)cc4)cccc3C2=O)C(=O)N1. The molecule has 2 saturated heterocycles. The van der Waals surface area contributed by atoms with Gasteiger partial charge in [-0.15, -0.1) is 0 Å². The van der Waals surface area contributed by atoms with Crippen molar-refractivity contribution in [1.82, 2.24) is 19.4 Å². The van der Waals surface area contributed by atoms with E-state index in [0.717, 1.165) is 34.9 Å². The maximum absolute atomic E-state index is 13.6. The highest BCUT2D eigenvalue weighted by molar-refractivity contribution is 7.89. The van der Waals surface area contributed by atoms with Crippen molar-refractivity contribution < 1.29 is 31.5 Å². The van der Waals surface area contributed by atoms with Crippen molar-refractivity contribution in [2.45, 2.75) is 43.5 Å². The summed E-state index contributed by atoms with van der Waals surface area (Å²) in [6.45, 7) is 6.54. The number of carbonyl (C=O) groups is 2. The minimum atomic E-state index is -3.91. The smallest absolute Gasteiger partial charge is 0.255 e.